The Hall–Kier alpha value is -0.910. The summed E-state index contributed by atoms with van der Waals surface area (Å²) in [4.78, 5) is 22.8. The van der Waals surface area contributed by atoms with Gasteiger partial charge >= 0.3 is 6.03 Å². The maximum atomic E-state index is 11.6. The summed E-state index contributed by atoms with van der Waals surface area (Å²) in [7, 11) is 0. The third kappa shape index (κ3) is 4.30. The van der Waals surface area contributed by atoms with E-state index >= 15 is 0 Å². The summed E-state index contributed by atoms with van der Waals surface area (Å²) >= 11 is 1.93. The van der Waals surface area contributed by atoms with Gasteiger partial charge in [-0.15, -0.1) is 0 Å². The lowest BCUT2D eigenvalue weighted by Gasteiger charge is -2.16. The fraction of sp³-hybridized carbons (Fsp3) is 0.857. The zero-order valence-electron chi connectivity index (χ0n) is 12.1. The van der Waals surface area contributed by atoms with Crippen molar-refractivity contribution in [3.63, 3.8) is 0 Å². The highest BCUT2D eigenvalue weighted by atomic mass is 32.2. The summed E-state index contributed by atoms with van der Waals surface area (Å²) in [6, 6.07) is 0.557. The quantitative estimate of drug-likeness (QED) is 0.471. The molecule has 2 aliphatic heterocycles. The molecule has 2 fully saturated rings. The first-order chi connectivity index (χ1) is 9.70. The molecule has 0 aliphatic carbocycles. The van der Waals surface area contributed by atoms with E-state index in [9.17, 15) is 9.59 Å². The van der Waals surface area contributed by atoms with Gasteiger partial charge in [0.25, 0.3) is 0 Å². The van der Waals surface area contributed by atoms with Gasteiger partial charge in [0.15, 0.2) is 0 Å². The van der Waals surface area contributed by atoms with Crippen LogP contribution in [0.15, 0.2) is 0 Å². The minimum absolute atomic E-state index is 0.0272. The Morgan fingerprint density at radius 1 is 1.35 bits per heavy atom. The summed E-state index contributed by atoms with van der Waals surface area (Å²) in [5, 5.41) is 9.39. The summed E-state index contributed by atoms with van der Waals surface area (Å²) in [5.74, 6) is 1.18. The smallest absolute Gasteiger partial charge is 0.315 e. The van der Waals surface area contributed by atoms with E-state index < -0.39 is 0 Å². The highest BCUT2D eigenvalue weighted by Gasteiger charge is 2.42. The molecule has 20 heavy (non-hydrogen) atoms. The summed E-state index contributed by atoms with van der Waals surface area (Å²) in [6.45, 7) is 2.92. The third-order valence-electron chi connectivity index (χ3n) is 3.93. The molecule has 2 saturated heterocycles. The lowest BCUT2D eigenvalue weighted by Crippen LogP contribution is -2.36. The molecule has 0 saturated carbocycles. The van der Waals surface area contributed by atoms with E-state index in [-0.39, 0.29) is 18.0 Å². The van der Waals surface area contributed by atoms with Gasteiger partial charge in [-0.25, -0.2) is 4.79 Å². The van der Waals surface area contributed by atoms with Crippen molar-refractivity contribution >= 4 is 23.7 Å². The lowest BCUT2D eigenvalue weighted by atomic mass is 10.0. The van der Waals surface area contributed by atoms with E-state index in [1.165, 1.54) is 0 Å². The van der Waals surface area contributed by atoms with Gasteiger partial charge in [-0.05, 0) is 19.3 Å². The average Bonchev–Trinajstić information content (AvgIpc) is 2.95. The molecule has 0 radical (unpaired) electrons. The van der Waals surface area contributed by atoms with Crippen molar-refractivity contribution in [3.05, 3.63) is 0 Å². The molecule has 3 atom stereocenters. The van der Waals surface area contributed by atoms with Crippen molar-refractivity contribution in [3.8, 4) is 0 Å². The van der Waals surface area contributed by atoms with Crippen molar-refractivity contribution in [2.75, 3.05) is 12.3 Å². The fourth-order valence-corrected chi connectivity index (χ4v) is 4.31. The van der Waals surface area contributed by atoms with Crippen LogP contribution in [0.2, 0.25) is 0 Å². The second-order valence-electron chi connectivity index (χ2n) is 5.57. The number of fused-ring (bicyclic) bond motifs is 1. The summed E-state index contributed by atoms with van der Waals surface area (Å²) < 4.78 is 0. The van der Waals surface area contributed by atoms with Crippen LogP contribution in [-0.2, 0) is 4.79 Å². The van der Waals surface area contributed by atoms with E-state index in [1.807, 2.05) is 11.8 Å². The molecule has 2 aliphatic rings. The van der Waals surface area contributed by atoms with Crippen LogP contribution in [0, 0.1) is 0 Å². The van der Waals surface area contributed by atoms with Crippen LogP contribution < -0.4 is 16.0 Å². The maximum Gasteiger partial charge on any atom is 0.315 e. The van der Waals surface area contributed by atoms with Crippen LogP contribution in [0.1, 0.15) is 45.4 Å². The molecule has 1 unspecified atom stereocenters. The van der Waals surface area contributed by atoms with E-state index in [0.717, 1.165) is 44.4 Å². The van der Waals surface area contributed by atoms with E-state index in [4.69, 9.17) is 0 Å². The number of hydrogen-bond acceptors (Lipinski definition) is 3. The van der Waals surface area contributed by atoms with E-state index in [0.29, 0.717) is 17.7 Å². The average molecular weight is 299 g/mol. The van der Waals surface area contributed by atoms with Crippen molar-refractivity contribution in [1.29, 1.82) is 0 Å². The standard InChI is InChI=1S/C14H25N3O2S/c1-2-3-8-15-12(18)7-5-4-6-11-13-10(9-20-11)16-14(19)17-13/h10-11,13H,2-9H2,1H3,(H,15,18)(H2,16,17,19)/t10-,11?,13-/m0/s1. The number of nitrogens with one attached hydrogen (secondary N) is 3. The van der Waals surface area contributed by atoms with E-state index in [1.54, 1.807) is 0 Å². The van der Waals surface area contributed by atoms with Gasteiger partial charge in [-0.2, -0.15) is 11.8 Å². The van der Waals surface area contributed by atoms with Gasteiger partial charge in [0.2, 0.25) is 5.91 Å². The molecule has 2 heterocycles. The molecule has 0 bridgehead atoms. The molecule has 0 aromatic rings. The zero-order valence-corrected chi connectivity index (χ0v) is 12.9. The highest BCUT2D eigenvalue weighted by molar-refractivity contribution is 8.00. The van der Waals surface area contributed by atoms with Crippen LogP contribution >= 0.6 is 11.8 Å². The van der Waals surface area contributed by atoms with Gasteiger partial charge in [-0.1, -0.05) is 19.8 Å². The Morgan fingerprint density at radius 2 is 2.20 bits per heavy atom. The molecule has 3 N–H and O–H groups in total. The normalized spacial score (nSPS) is 27.9. The topological polar surface area (TPSA) is 70.2 Å². The molecule has 0 aromatic heterocycles. The van der Waals surface area contributed by atoms with Crippen LogP contribution in [0.25, 0.3) is 0 Å². The maximum absolute atomic E-state index is 11.6. The van der Waals surface area contributed by atoms with Crippen LogP contribution in [-0.4, -0.2) is 41.6 Å². The van der Waals surface area contributed by atoms with Crippen molar-refractivity contribution in [1.82, 2.24) is 16.0 Å². The first kappa shape index (κ1) is 15.5. The number of carbonyl (C=O) groups is 2. The van der Waals surface area contributed by atoms with Crippen LogP contribution in [0.4, 0.5) is 4.79 Å². The van der Waals surface area contributed by atoms with Crippen LogP contribution in [0.5, 0.6) is 0 Å². The highest BCUT2D eigenvalue weighted by Crippen LogP contribution is 2.33. The van der Waals surface area contributed by atoms with Crippen molar-refractivity contribution < 1.29 is 9.59 Å². The van der Waals surface area contributed by atoms with Crippen molar-refractivity contribution in [2.24, 2.45) is 0 Å². The monoisotopic (exact) mass is 299 g/mol. The number of amides is 3. The fourth-order valence-electron chi connectivity index (χ4n) is 2.77. The number of thioether (sulfide) groups is 1. The number of urea groups is 1. The number of hydrogen-bond donors (Lipinski definition) is 3. The molecule has 6 heteroatoms. The molecule has 3 amide bonds. The summed E-state index contributed by atoms with van der Waals surface area (Å²) in [5.41, 5.74) is 0. The molecule has 114 valence electrons. The minimum Gasteiger partial charge on any atom is -0.356 e. The second-order valence-corrected chi connectivity index (χ2v) is 6.84. The Bertz CT molecular complexity index is 351. The number of rotatable bonds is 8. The molecule has 5 nitrogen and oxygen atoms in total. The van der Waals surface area contributed by atoms with E-state index in [2.05, 4.69) is 22.9 Å². The molecule has 0 spiro atoms. The number of unbranched alkanes of at least 4 members (excludes halogenated alkanes) is 2. The second kappa shape index (κ2) is 7.76. The van der Waals surface area contributed by atoms with Gasteiger partial charge in [0.05, 0.1) is 12.1 Å². The van der Waals surface area contributed by atoms with Gasteiger partial charge < -0.3 is 16.0 Å². The van der Waals surface area contributed by atoms with Crippen molar-refractivity contribution in [2.45, 2.75) is 62.8 Å². The lowest BCUT2D eigenvalue weighted by molar-refractivity contribution is -0.121. The van der Waals surface area contributed by atoms with Gasteiger partial charge in [0.1, 0.15) is 0 Å². The Balaban J connectivity index is 1.55. The first-order valence-corrected chi connectivity index (χ1v) is 8.71. The van der Waals surface area contributed by atoms with Crippen LogP contribution in [0.3, 0.4) is 0 Å². The Labute approximate surface area is 125 Å². The molecular formula is C14H25N3O2S. The number of carbonyl (C=O) groups excluding carboxylic acids is 2. The predicted molar refractivity (Wildman–Crippen MR) is 81.9 cm³/mol. The van der Waals surface area contributed by atoms with Gasteiger partial charge in [-0.3, -0.25) is 4.79 Å². The van der Waals surface area contributed by atoms with Gasteiger partial charge in [0, 0.05) is 24.0 Å². The summed E-state index contributed by atoms with van der Waals surface area (Å²) in [6.07, 6.45) is 5.86. The predicted octanol–water partition coefficient (Wildman–Crippen LogP) is 1.63. The Kier molecular flexibility index (Phi) is 6.01. The Morgan fingerprint density at radius 3 is 3.00 bits per heavy atom. The third-order valence-corrected chi connectivity index (χ3v) is 5.44. The minimum atomic E-state index is -0.0272. The zero-order chi connectivity index (χ0) is 14.4. The first-order valence-electron chi connectivity index (χ1n) is 7.66. The molecular weight excluding hydrogens is 274 g/mol. The molecule has 0 aromatic carbocycles. The molecule has 2 rings (SSSR count). The SMILES string of the molecule is CCCCNC(=O)CCCCC1SC[C@@H]2NC(=O)N[C@H]12. The largest absolute Gasteiger partial charge is 0.356 e.